The lowest BCUT2D eigenvalue weighted by Gasteiger charge is -2.30. The second-order valence-corrected chi connectivity index (χ2v) is 6.69. The van der Waals surface area contributed by atoms with Gasteiger partial charge in [0.2, 0.25) is 0 Å². The van der Waals surface area contributed by atoms with E-state index in [0.717, 1.165) is 42.0 Å². The first-order valence-electron chi connectivity index (χ1n) is 7.97. The molecule has 3 rings (SSSR count). The lowest BCUT2D eigenvalue weighted by atomic mass is 10.1. The zero-order valence-corrected chi connectivity index (χ0v) is 14.3. The Balaban J connectivity index is 1.94. The maximum absolute atomic E-state index is 12.9. The molecule has 122 valence electrons. The first-order valence-corrected chi connectivity index (χ1v) is 8.35. The number of benzene rings is 1. The minimum atomic E-state index is 0.0773. The van der Waals surface area contributed by atoms with Gasteiger partial charge in [0.1, 0.15) is 0 Å². The van der Waals surface area contributed by atoms with Gasteiger partial charge < -0.3 is 15.2 Å². The smallest absolute Gasteiger partial charge is 0.255 e. The number of amides is 1. The van der Waals surface area contributed by atoms with E-state index in [-0.39, 0.29) is 11.9 Å². The van der Waals surface area contributed by atoms with E-state index in [9.17, 15) is 4.79 Å². The fourth-order valence-electron chi connectivity index (χ4n) is 3.33. The summed E-state index contributed by atoms with van der Waals surface area (Å²) in [5.74, 6) is 0.0773. The van der Waals surface area contributed by atoms with Crippen molar-refractivity contribution in [3.63, 3.8) is 0 Å². The topological polar surface area (TPSA) is 51.3 Å². The van der Waals surface area contributed by atoms with Crippen LogP contribution in [0.5, 0.6) is 0 Å². The zero-order chi connectivity index (χ0) is 16.6. The molecule has 2 aromatic rings. The highest BCUT2D eigenvalue weighted by Crippen LogP contribution is 2.24. The predicted molar refractivity (Wildman–Crippen MR) is 93.4 cm³/mol. The Morgan fingerprint density at radius 1 is 1.26 bits per heavy atom. The van der Waals surface area contributed by atoms with E-state index in [2.05, 4.69) is 4.57 Å². The zero-order valence-electron chi connectivity index (χ0n) is 13.6. The van der Waals surface area contributed by atoms with Gasteiger partial charge in [-0.15, -0.1) is 0 Å². The highest BCUT2D eigenvalue weighted by molar-refractivity contribution is 6.30. The molecule has 0 radical (unpaired) electrons. The Kier molecular flexibility index (Phi) is 4.46. The highest BCUT2D eigenvalue weighted by Gasteiger charge is 2.25. The summed E-state index contributed by atoms with van der Waals surface area (Å²) in [7, 11) is 0. The fraction of sp³-hybridized carbons (Fsp3) is 0.389. The van der Waals surface area contributed by atoms with Gasteiger partial charge in [-0.3, -0.25) is 4.79 Å². The third kappa shape index (κ3) is 3.14. The van der Waals surface area contributed by atoms with Crippen molar-refractivity contribution in [3.05, 3.63) is 52.3 Å². The minimum Gasteiger partial charge on any atom is -0.337 e. The molecule has 0 aliphatic carbocycles. The van der Waals surface area contributed by atoms with E-state index in [4.69, 9.17) is 17.3 Å². The second-order valence-electron chi connectivity index (χ2n) is 6.25. The average Bonchev–Trinajstić information content (AvgIpc) is 2.82. The number of carbonyl (C=O) groups excluding carboxylic acids is 1. The summed E-state index contributed by atoms with van der Waals surface area (Å²) in [5.41, 5.74) is 9.77. The Morgan fingerprint density at radius 2 is 1.96 bits per heavy atom. The van der Waals surface area contributed by atoms with E-state index in [1.54, 1.807) is 0 Å². The van der Waals surface area contributed by atoms with Crippen LogP contribution in [-0.2, 0) is 0 Å². The first kappa shape index (κ1) is 16.1. The number of aryl methyl sites for hydroxylation is 1. The van der Waals surface area contributed by atoms with Crippen LogP contribution in [0.2, 0.25) is 5.02 Å². The number of halogens is 1. The van der Waals surface area contributed by atoms with Crippen molar-refractivity contribution in [1.29, 1.82) is 0 Å². The number of aromatic nitrogens is 1. The third-order valence-corrected chi connectivity index (χ3v) is 4.74. The van der Waals surface area contributed by atoms with Crippen LogP contribution >= 0.6 is 11.6 Å². The predicted octanol–water partition coefficient (Wildman–Crippen LogP) is 3.31. The van der Waals surface area contributed by atoms with Gasteiger partial charge in [-0.05, 0) is 57.0 Å². The standard InChI is InChI=1S/C18H22ClN3O/c1-12-10-17(18(23)21-9-3-4-15(20)11-21)13(2)22(12)16-7-5-14(19)6-8-16/h5-8,10,15H,3-4,9,11,20H2,1-2H3. The van der Waals surface area contributed by atoms with Crippen LogP contribution in [0.4, 0.5) is 0 Å². The average molecular weight is 332 g/mol. The summed E-state index contributed by atoms with van der Waals surface area (Å²) in [4.78, 5) is 14.7. The normalized spacial score (nSPS) is 18.3. The van der Waals surface area contributed by atoms with Gasteiger partial charge in [-0.25, -0.2) is 0 Å². The molecule has 1 aliphatic heterocycles. The van der Waals surface area contributed by atoms with Crippen LogP contribution in [0.3, 0.4) is 0 Å². The quantitative estimate of drug-likeness (QED) is 0.917. The van der Waals surface area contributed by atoms with Crippen LogP contribution in [0.25, 0.3) is 5.69 Å². The molecular weight excluding hydrogens is 310 g/mol. The first-order chi connectivity index (χ1) is 11.0. The molecule has 1 amide bonds. The molecule has 1 unspecified atom stereocenters. The molecule has 1 saturated heterocycles. The van der Waals surface area contributed by atoms with E-state index in [0.29, 0.717) is 11.6 Å². The molecule has 1 atom stereocenters. The number of hydrogen-bond acceptors (Lipinski definition) is 2. The molecule has 1 aromatic carbocycles. The number of nitrogens with two attached hydrogens (primary N) is 1. The highest BCUT2D eigenvalue weighted by atomic mass is 35.5. The molecule has 2 heterocycles. The SMILES string of the molecule is Cc1cc(C(=O)N2CCCC(N)C2)c(C)n1-c1ccc(Cl)cc1. The molecule has 5 heteroatoms. The molecule has 0 spiro atoms. The van der Waals surface area contributed by atoms with E-state index in [1.807, 2.05) is 49.1 Å². The molecule has 1 fully saturated rings. The Morgan fingerprint density at radius 3 is 2.61 bits per heavy atom. The lowest BCUT2D eigenvalue weighted by molar-refractivity contribution is 0.0708. The maximum Gasteiger partial charge on any atom is 0.255 e. The van der Waals surface area contributed by atoms with Gasteiger partial charge in [0, 0.05) is 41.2 Å². The largest absolute Gasteiger partial charge is 0.337 e. The molecule has 2 N–H and O–H groups in total. The second kappa shape index (κ2) is 6.38. The van der Waals surface area contributed by atoms with Crippen LogP contribution in [0, 0.1) is 13.8 Å². The molecule has 23 heavy (non-hydrogen) atoms. The summed E-state index contributed by atoms with van der Waals surface area (Å²) < 4.78 is 2.09. The van der Waals surface area contributed by atoms with Crippen molar-refractivity contribution in [3.8, 4) is 5.69 Å². The van der Waals surface area contributed by atoms with Gasteiger partial charge in [0.25, 0.3) is 5.91 Å². The van der Waals surface area contributed by atoms with Crippen LogP contribution in [0.1, 0.15) is 34.6 Å². The molecule has 0 bridgehead atoms. The van der Waals surface area contributed by atoms with Gasteiger partial charge in [0.15, 0.2) is 0 Å². The van der Waals surface area contributed by atoms with E-state index >= 15 is 0 Å². The van der Waals surface area contributed by atoms with Gasteiger partial charge in [-0.2, -0.15) is 0 Å². The van der Waals surface area contributed by atoms with Crippen LogP contribution < -0.4 is 5.73 Å². The number of likely N-dealkylation sites (tertiary alicyclic amines) is 1. The van der Waals surface area contributed by atoms with Crippen molar-refractivity contribution in [1.82, 2.24) is 9.47 Å². The van der Waals surface area contributed by atoms with Gasteiger partial charge in [0.05, 0.1) is 5.56 Å². The Bertz CT molecular complexity index is 721. The van der Waals surface area contributed by atoms with Crippen molar-refractivity contribution >= 4 is 17.5 Å². The minimum absolute atomic E-state index is 0.0773. The van der Waals surface area contributed by atoms with Crippen molar-refractivity contribution in [2.75, 3.05) is 13.1 Å². The molecule has 4 nitrogen and oxygen atoms in total. The van der Waals surface area contributed by atoms with E-state index in [1.165, 1.54) is 0 Å². The number of hydrogen-bond donors (Lipinski definition) is 1. The van der Waals surface area contributed by atoms with Gasteiger partial charge in [-0.1, -0.05) is 11.6 Å². The summed E-state index contributed by atoms with van der Waals surface area (Å²) in [6, 6.07) is 9.71. The van der Waals surface area contributed by atoms with Crippen LogP contribution in [0.15, 0.2) is 30.3 Å². The lowest BCUT2D eigenvalue weighted by Crippen LogP contribution is -2.45. The van der Waals surface area contributed by atoms with Crippen molar-refractivity contribution in [2.24, 2.45) is 5.73 Å². The summed E-state index contributed by atoms with van der Waals surface area (Å²) in [5, 5.41) is 0.704. The Labute approximate surface area is 141 Å². The number of piperidine rings is 1. The fourth-order valence-corrected chi connectivity index (χ4v) is 3.46. The summed E-state index contributed by atoms with van der Waals surface area (Å²) in [6.07, 6.45) is 1.97. The molecule has 1 aliphatic rings. The number of nitrogens with zero attached hydrogens (tertiary/aromatic N) is 2. The van der Waals surface area contributed by atoms with Crippen LogP contribution in [-0.4, -0.2) is 34.5 Å². The molecule has 1 aromatic heterocycles. The maximum atomic E-state index is 12.9. The van der Waals surface area contributed by atoms with Crippen molar-refractivity contribution in [2.45, 2.75) is 32.7 Å². The third-order valence-electron chi connectivity index (χ3n) is 4.49. The number of rotatable bonds is 2. The molecular formula is C18H22ClN3O. The summed E-state index contributed by atoms with van der Waals surface area (Å²) in [6.45, 7) is 5.43. The van der Waals surface area contributed by atoms with E-state index < -0.39 is 0 Å². The molecule has 0 saturated carbocycles. The Hall–Kier alpha value is -1.78. The van der Waals surface area contributed by atoms with Crippen molar-refractivity contribution < 1.29 is 4.79 Å². The van der Waals surface area contributed by atoms with Gasteiger partial charge >= 0.3 is 0 Å². The summed E-state index contributed by atoms with van der Waals surface area (Å²) >= 11 is 5.97. The monoisotopic (exact) mass is 331 g/mol. The number of carbonyl (C=O) groups is 1.